The third kappa shape index (κ3) is 3.71. The molecule has 41 heavy (non-hydrogen) atoms. The largest absolute Gasteiger partial charge is 0.356 e. The summed E-state index contributed by atoms with van der Waals surface area (Å²) >= 11 is 6.39. The van der Waals surface area contributed by atoms with Gasteiger partial charge in [-0.15, -0.1) is 0 Å². The lowest BCUT2D eigenvalue weighted by Gasteiger charge is -2.27. The third-order valence-corrected chi connectivity index (χ3v) is 9.25. The average molecular weight is 549 g/mol. The van der Waals surface area contributed by atoms with Crippen molar-refractivity contribution in [1.82, 2.24) is 9.55 Å². The van der Waals surface area contributed by atoms with E-state index in [0.717, 1.165) is 5.02 Å². The van der Waals surface area contributed by atoms with Crippen molar-refractivity contribution in [2.45, 2.75) is 24.8 Å². The molecule has 3 atom stereocenters. The molecule has 1 N–H and O–H groups in total. The van der Waals surface area contributed by atoms with Crippen molar-refractivity contribution in [2.75, 3.05) is 0 Å². The second-order valence-electron chi connectivity index (χ2n) is 11.1. The van der Waals surface area contributed by atoms with Crippen LogP contribution in [0, 0.1) is 6.92 Å². The Bertz CT molecular complexity index is 2020. The van der Waals surface area contributed by atoms with E-state index in [1.807, 2.05) is 12.1 Å². The van der Waals surface area contributed by atoms with Gasteiger partial charge in [0.15, 0.2) is 0 Å². The predicted molar refractivity (Wildman–Crippen MR) is 171 cm³/mol. The lowest BCUT2D eigenvalue weighted by Crippen LogP contribution is -2.17. The molecule has 0 aliphatic carbocycles. The summed E-state index contributed by atoms with van der Waals surface area (Å²) in [6.45, 7) is 2.28. The summed E-state index contributed by atoms with van der Waals surface area (Å²) in [4.78, 5) is 3.90. The molecular weight excluding hydrogens is 520 g/mol. The molecule has 0 radical (unpaired) electrons. The Morgan fingerprint density at radius 3 is 1.95 bits per heavy atom. The highest BCUT2D eigenvalue weighted by molar-refractivity contribution is 6.30. The third-order valence-electron chi connectivity index (χ3n) is 9.00. The molecule has 0 spiro atoms. The van der Waals surface area contributed by atoms with Gasteiger partial charge in [0.05, 0.1) is 6.04 Å². The fraction of sp³-hybridized carbons (Fsp3) is 0.105. The highest BCUT2D eigenvalue weighted by Crippen LogP contribution is 2.59. The zero-order chi connectivity index (χ0) is 27.5. The molecule has 198 valence electrons. The number of benzene rings is 5. The number of H-pyrrole nitrogens is 1. The van der Waals surface area contributed by atoms with E-state index in [-0.39, 0.29) is 17.9 Å². The molecule has 0 saturated heterocycles. The van der Waals surface area contributed by atoms with E-state index >= 15 is 0 Å². The second kappa shape index (κ2) is 9.54. The summed E-state index contributed by atoms with van der Waals surface area (Å²) in [5.74, 6) is 0.337. The normalized spacial score (nSPS) is 18.2. The molecule has 0 bridgehead atoms. The average Bonchev–Trinajstić information content (AvgIpc) is 3.66. The van der Waals surface area contributed by atoms with Gasteiger partial charge in [-0.2, -0.15) is 0 Å². The zero-order valence-electron chi connectivity index (χ0n) is 22.8. The summed E-state index contributed by atoms with van der Waals surface area (Å²) in [7, 11) is 0. The maximum atomic E-state index is 6.39. The van der Waals surface area contributed by atoms with Crippen molar-refractivity contribution in [3.63, 3.8) is 0 Å². The molecule has 5 aromatic carbocycles. The number of aromatic nitrogens is 2. The minimum atomic E-state index is 0.0796. The number of rotatable bonds is 4. The van der Waals surface area contributed by atoms with Crippen LogP contribution in [0.5, 0.6) is 0 Å². The molecule has 0 unspecified atom stereocenters. The number of aryl methyl sites for hydroxylation is 1. The van der Waals surface area contributed by atoms with E-state index in [9.17, 15) is 0 Å². The molecule has 3 heterocycles. The Labute approximate surface area is 244 Å². The quantitative estimate of drug-likeness (QED) is 0.226. The molecule has 1 aliphatic rings. The number of nitrogens with one attached hydrogen (secondary N) is 1. The molecule has 0 fully saturated rings. The van der Waals surface area contributed by atoms with Crippen LogP contribution in [0.15, 0.2) is 133 Å². The maximum Gasteiger partial charge on any atom is 0.0819 e. The highest BCUT2D eigenvalue weighted by Gasteiger charge is 2.47. The van der Waals surface area contributed by atoms with Gasteiger partial charge in [0.1, 0.15) is 0 Å². The minimum Gasteiger partial charge on any atom is -0.356 e. The number of nitrogens with zero attached hydrogens (tertiary/aromatic N) is 1. The molecule has 0 saturated carbocycles. The minimum absolute atomic E-state index is 0.0796. The van der Waals surface area contributed by atoms with Crippen LogP contribution in [0.4, 0.5) is 0 Å². The summed E-state index contributed by atoms with van der Waals surface area (Å²) in [5, 5.41) is 3.31. The van der Waals surface area contributed by atoms with Crippen LogP contribution in [0.3, 0.4) is 0 Å². The highest BCUT2D eigenvalue weighted by atomic mass is 35.5. The van der Waals surface area contributed by atoms with Gasteiger partial charge in [0, 0.05) is 55.6 Å². The van der Waals surface area contributed by atoms with E-state index in [1.54, 1.807) is 0 Å². The van der Waals surface area contributed by atoms with E-state index in [2.05, 4.69) is 138 Å². The summed E-state index contributed by atoms with van der Waals surface area (Å²) in [6, 6.07) is 48.2. The molecule has 8 rings (SSSR count). The van der Waals surface area contributed by atoms with Gasteiger partial charge in [0.25, 0.3) is 0 Å². The molecule has 3 heteroatoms. The Kier molecular flexibility index (Phi) is 5.65. The number of halogens is 1. The number of hydrogen-bond donors (Lipinski definition) is 1. The summed E-state index contributed by atoms with van der Waals surface area (Å²) in [6.07, 6.45) is 0. The van der Waals surface area contributed by atoms with Gasteiger partial charge in [-0.25, -0.2) is 0 Å². The van der Waals surface area contributed by atoms with Crippen LogP contribution in [0.25, 0.3) is 32.9 Å². The molecule has 2 nitrogen and oxygen atoms in total. The van der Waals surface area contributed by atoms with Crippen LogP contribution in [-0.2, 0) is 0 Å². The standard InChI is InChI=1S/C38H29ClN2/c1-24-29-16-8-10-18-31(29)40-36(24)38-35(26-14-6-3-7-15-26)34(25-12-4-2-5-13-25)37-33(27-20-22-28(39)23-21-27)30-17-9-11-19-32(30)41(37)38/h2-23,34-35,38,40H,1H3/t34-,35-,38-/m1/s1. The molecular formula is C38H29ClN2. The SMILES string of the molecule is Cc1c([C@H]2[C@H](c3ccccc3)[C@@H](c3ccccc3)c3c(-c4ccc(Cl)cc4)c4ccccc4n32)[nH]c2ccccc12. The van der Waals surface area contributed by atoms with Gasteiger partial charge in [-0.3, -0.25) is 0 Å². The Morgan fingerprint density at radius 2 is 1.24 bits per heavy atom. The van der Waals surface area contributed by atoms with Gasteiger partial charge in [-0.1, -0.05) is 121 Å². The summed E-state index contributed by atoms with van der Waals surface area (Å²) in [5.41, 5.74) is 11.6. The van der Waals surface area contributed by atoms with Gasteiger partial charge < -0.3 is 9.55 Å². The lowest BCUT2D eigenvalue weighted by molar-refractivity contribution is 0.520. The van der Waals surface area contributed by atoms with E-state index in [1.165, 1.54) is 61.0 Å². The molecule has 1 aliphatic heterocycles. The number of fused-ring (bicyclic) bond motifs is 4. The predicted octanol–water partition coefficient (Wildman–Crippen LogP) is 10.3. The first-order chi connectivity index (χ1) is 20.2. The van der Waals surface area contributed by atoms with Gasteiger partial charge in [0.2, 0.25) is 0 Å². The van der Waals surface area contributed by atoms with Crippen molar-refractivity contribution >= 4 is 33.4 Å². The fourth-order valence-corrected chi connectivity index (χ4v) is 7.43. The second-order valence-corrected chi connectivity index (χ2v) is 11.6. The Balaban J connectivity index is 1.53. The van der Waals surface area contributed by atoms with E-state index in [4.69, 9.17) is 11.6 Å². The van der Waals surface area contributed by atoms with Crippen molar-refractivity contribution in [3.8, 4) is 11.1 Å². The van der Waals surface area contributed by atoms with Crippen LogP contribution in [0.2, 0.25) is 5.02 Å². The van der Waals surface area contributed by atoms with Crippen molar-refractivity contribution in [3.05, 3.63) is 167 Å². The van der Waals surface area contributed by atoms with Crippen LogP contribution in [-0.4, -0.2) is 9.55 Å². The number of para-hydroxylation sites is 2. The van der Waals surface area contributed by atoms with Crippen molar-refractivity contribution in [2.24, 2.45) is 0 Å². The first-order valence-corrected chi connectivity index (χ1v) is 14.6. The number of aromatic amines is 1. The number of hydrogen-bond acceptors (Lipinski definition) is 0. The zero-order valence-corrected chi connectivity index (χ0v) is 23.5. The van der Waals surface area contributed by atoms with Crippen molar-refractivity contribution in [1.29, 1.82) is 0 Å². The first-order valence-electron chi connectivity index (χ1n) is 14.3. The maximum absolute atomic E-state index is 6.39. The van der Waals surface area contributed by atoms with E-state index in [0.29, 0.717) is 0 Å². The van der Waals surface area contributed by atoms with Gasteiger partial charge >= 0.3 is 0 Å². The Hall–Kier alpha value is -4.53. The Morgan fingerprint density at radius 1 is 0.634 bits per heavy atom. The van der Waals surface area contributed by atoms with E-state index < -0.39 is 0 Å². The van der Waals surface area contributed by atoms with Gasteiger partial charge in [-0.05, 0) is 53.4 Å². The topological polar surface area (TPSA) is 20.7 Å². The summed E-state index contributed by atoms with van der Waals surface area (Å²) < 4.78 is 2.65. The van der Waals surface area contributed by atoms with Crippen LogP contribution >= 0.6 is 11.6 Å². The molecule has 2 aromatic heterocycles. The molecule has 0 amide bonds. The van der Waals surface area contributed by atoms with Crippen molar-refractivity contribution < 1.29 is 0 Å². The monoisotopic (exact) mass is 548 g/mol. The van der Waals surface area contributed by atoms with Crippen LogP contribution in [0.1, 0.15) is 46.0 Å². The lowest BCUT2D eigenvalue weighted by atomic mass is 9.76. The smallest absolute Gasteiger partial charge is 0.0819 e. The van der Waals surface area contributed by atoms with Crippen LogP contribution < -0.4 is 0 Å². The molecule has 7 aromatic rings. The fourth-order valence-electron chi connectivity index (χ4n) is 7.30. The first kappa shape index (κ1) is 24.3.